The molecule has 4 rings (SSSR count). The van der Waals surface area contributed by atoms with Gasteiger partial charge in [-0.25, -0.2) is 0 Å². The summed E-state index contributed by atoms with van der Waals surface area (Å²) in [6, 6.07) is 0. The number of allylic oxidation sites excluding steroid dienone is 1. The molecule has 1 heteroatoms. The van der Waals surface area contributed by atoms with Crippen molar-refractivity contribution in [2.24, 2.45) is 35.0 Å². The molecule has 0 bridgehead atoms. The maximum Gasteiger partial charge on any atom is 0.155 e. The second kappa shape index (κ2) is 4.45. The van der Waals surface area contributed by atoms with Gasteiger partial charge in [-0.3, -0.25) is 4.79 Å². The SMILES string of the molecule is CC1CC2=CC(=O)CC[C@@H]2[C@H]2CC[C@]3(C)CCC[C@H]3[C@H]12. The number of hydrogen-bond acceptors (Lipinski definition) is 1. The number of carbonyl (C=O) groups excluding carboxylic acids is 1. The van der Waals surface area contributed by atoms with E-state index in [1.807, 2.05) is 6.08 Å². The quantitative estimate of drug-likeness (QED) is 0.621. The number of ketones is 1. The highest BCUT2D eigenvalue weighted by atomic mass is 16.1. The third-order valence-electron chi connectivity index (χ3n) is 7.42. The number of carbonyl (C=O) groups is 1. The molecule has 0 aromatic carbocycles. The Morgan fingerprint density at radius 3 is 2.90 bits per heavy atom. The van der Waals surface area contributed by atoms with Gasteiger partial charge in [0.05, 0.1) is 0 Å². The number of hydrogen-bond donors (Lipinski definition) is 0. The molecule has 1 nitrogen and oxygen atoms in total. The van der Waals surface area contributed by atoms with Gasteiger partial charge in [-0.15, -0.1) is 0 Å². The first-order valence-corrected chi connectivity index (χ1v) is 8.82. The van der Waals surface area contributed by atoms with Gasteiger partial charge < -0.3 is 0 Å². The van der Waals surface area contributed by atoms with Gasteiger partial charge in [0, 0.05) is 6.42 Å². The van der Waals surface area contributed by atoms with Crippen LogP contribution in [0.2, 0.25) is 0 Å². The van der Waals surface area contributed by atoms with Crippen molar-refractivity contribution in [3.8, 4) is 0 Å². The van der Waals surface area contributed by atoms with Gasteiger partial charge >= 0.3 is 0 Å². The first-order chi connectivity index (χ1) is 9.58. The van der Waals surface area contributed by atoms with Crippen molar-refractivity contribution >= 4 is 5.78 Å². The summed E-state index contributed by atoms with van der Waals surface area (Å²) in [4.78, 5) is 11.7. The fourth-order valence-electron chi connectivity index (χ4n) is 6.58. The highest BCUT2D eigenvalue weighted by molar-refractivity contribution is 5.91. The molecule has 0 spiro atoms. The molecule has 0 N–H and O–H groups in total. The fraction of sp³-hybridized carbons (Fsp3) is 0.842. The van der Waals surface area contributed by atoms with Crippen molar-refractivity contribution in [2.45, 2.75) is 65.2 Å². The smallest absolute Gasteiger partial charge is 0.155 e. The van der Waals surface area contributed by atoms with Crippen LogP contribution in [-0.2, 0) is 4.79 Å². The van der Waals surface area contributed by atoms with E-state index in [0.717, 1.165) is 42.4 Å². The van der Waals surface area contributed by atoms with Crippen LogP contribution < -0.4 is 0 Å². The lowest BCUT2D eigenvalue weighted by Crippen LogP contribution is -2.47. The molecule has 110 valence electrons. The van der Waals surface area contributed by atoms with Crippen LogP contribution in [0, 0.1) is 35.0 Å². The lowest BCUT2D eigenvalue weighted by atomic mass is 9.50. The second-order valence-corrected chi connectivity index (χ2v) is 8.44. The minimum atomic E-state index is 0.392. The Morgan fingerprint density at radius 2 is 2.05 bits per heavy atom. The normalized spacial score (nSPS) is 51.0. The van der Waals surface area contributed by atoms with E-state index in [4.69, 9.17) is 0 Å². The highest BCUT2D eigenvalue weighted by Gasteiger charge is 2.54. The summed E-state index contributed by atoms with van der Waals surface area (Å²) in [7, 11) is 0. The molecule has 1 unspecified atom stereocenters. The molecule has 3 fully saturated rings. The van der Waals surface area contributed by atoms with Gasteiger partial charge in [0.1, 0.15) is 0 Å². The minimum absolute atomic E-state index is 0.392. The van der Waals surface area contributed by atoms with Crippen molar-refractivity contribution in [3.63, 3.8) is 0 Å². The van der Waals surface area contributed by atoms with Crippen molar-refractivity contribution in [1.29, 1.82) is 0 Å². The standard InChI is InChI=1S/C19H28O/c1-12-10-13-11-14(20)5-6-15(13)16-7-9-19(2)8-3-4-17(19)18(12)16/h11-12,15-18H,3-10H2,1-2H3/t12?,15-,16+,17-,18+,19-/m0/s1. The zero-order valence-electron chi connectivity index (χ0n) is 13.0. The Morgan fingerprint density at radius 1 is 1.20 bits per heavy atom. The maximum absolute atomic E-state index is 11.7. The average Bonchev–Trinajstić information content (AvgIpc) is 2.79. The Hall–Kier alpha value is -0.590. The predicted octanol–water partition coefficient (Wildman–Crippen LogP) is 4.76. The van der Waals surface area contributed by atoms with Crippen LogP contribution in [0.25, 0.3) is 0 Å². The Balaban J connectivity index is 1.68. The van der Waals surface area contributed by atoms with Gasteiger partial charge in [-0.2, -0.15) is 0 Å². The summed E-state index contributed by atoms with van der Waals surface area (Å²) < 4.78 is 0. The van der Waals surface area contributed by atoms with Gasteiger partial charge in [-0.05, 0) is 79.6 Å². The molecule has 6 atom stereocenters. The summed E-state index contributed by atoms with van der Waals surface area (Å²) >= 11 is 0. The second-order valence-electron chi connectivity index (χ2n) is 8.44. The van der Waals surface area contributed by atoms with Gasteiger partial charge in [0.2, 0.25) is 0 Å². The van der Waals surface area contributed by atoms with Crippen molar-refractivity contribution in [1.82, 2.24) is 0 Å². The van der Waals surface area contributed by atoms with E-state index in [-0.39, 0.29) is 0 Å². The number of fused-ring (bicyclic) bond motifs is 5. The van der Waals surface area contributed by atoms with E-state index >= 15 is 0 Å². The predicted molar refractivity (Wildman–Crippen MR) is 81.3 cm³/mol. The lowest BCUT2D eigenvalue weighted by molar-refractivity contribution is -0.116. The maximum atomic E-state index is 11.7. The van der Waals surface area contributed by atoms with Crippen LogP contribution >= 0.6 is 0 Å². The van der Waals surface area contributed by atoms with Gasteiger partial charge in [0.15, 0.2) is 5.78 Å². The largest absolute Gasteiger partial charge is 0.295 e. The van der Waals surface area contributed by atoms with Gasteiger partial charge in [-0.1, -0.05) is 25.8 Å². The van der Waals surface area contributed by atoms with Crippen LogP contribution in [0.5, 0.6) is 0 Å². The summed E-state index contributed by atoms with van der Waals surface area (Å²) in [6.45, 7) is 5.04. The van der Waals surface area contributed by atoms with E-state index < -0.39 is 0 Å². The van der Waals surface area contributed by atoms with E-state index in [2.05, 4.69) is 13.8 Å². The van der Waals surface area contributed by atoms with E-state index in [1.165, 1.54) is 44.1 Å². The molecule has 0 aliphatic heterocycles. The summed E-state index contributed by atoms with van der Waals surface area (Å²) in [5, 5.41) is 0. The monoisotopic (exact) mass is 272 g/mol. The summed E-state index contributed by atoms with van der Waals surface area (Å²) in [5.41, 5.74) is 2.18. The van der Waals surface area contributed by atoms with Crippen molar-refractivity contribution in [3.05, 3.63) is 11.6 Å². The van der Waals surface area contributed by atoms with Crippen LogP contribution in [0.1, 0.15) is 65.2 Å². The molecule has 0 heterocycles. The zero-order valence-corrected chi connectivity index (χ0v) is 13.0. The molecule has 0 saturated heterocycles. The minimum Gasteiger partial charge on any atom is -0.295 e. The third kappa shape index (κ3) is 1.77. The van der Waals surface area contributed by atoms with Crippen molar-refractivity contribution < 1.29 is 4.79 Å². The lowest BCUT2D eigenvalue weighted by Gasteiger charge is -2.55. The van der Waals surface area contributed by atoms with Crippen LogP contribution in [0.4, 0.5) is 0 Å². The zero-order chi connectivity index (χ0) is 13.9. The highest BCUT2D eigenvalue weighted by Crippen LogP contribution is 2.62. The van der Waals surface area contributed by atoms with Crippen molar-refractivity contribution in [2.75, 3.05) is 0 Å². The molecule has 0 aromatic heterocycles. The molecular weight excluding hydrogens is 244 g/mol. The number of rotatable bonds is 0. The molecule has 0 amide bonds. The third-order valence-corrected chi connectivity index (χ3v) is 7.42. The Labute approximate surface area is 123 Å². The first-order valence-electron chi connectivity index (χ1n) is 8.82. The van der Waals surface area contributed by atoms with Crippen LogP contribution in [-0.4, -0.2) is 5.78 Å². The molecule has 3 saturated carbocycles. The Bertz CT molecular complexity index is 462. The topological polar surface area (TPSA) is 17.1 Å². The van der Waals surface area contributed by atoms with Gasteiger partial charge in [0.25, 0.3) is 0 Å². The van der Waals surface area contributed by atoms with Crippen LogP contribution in [0.3, 0.4) is 0 Å². The molecule has 0 radical (unpaired) electrons. The molecular formula is C19H28O. The summed E-state index contributed by atoms with van der Waals surface area (Å²) in [6.07, 6.45) is 12.5. The molecule has 4 aliphatic carbocycles. The van der Waals surface area contributed by atoms with E-state index in [0.29, 0.717) is 11.2 Å². The molecule has 4 aliphatic rings. The summed E-state index contributed by atoms with van der Waals surface area (Å²) in [5.74, 6) is 4.79. The average molecular weight is 272 g/mol. The fourth-order valence-corrected chi connectivity index (χ4v) is 6.58. The van der Waals surface area contributed by atoms with E-state index in [9.17, 15) is 4.79 Å². The van der Waals surface area contributed by atoms with Crippen LogP contribution in [0.15, 0.2) is 11.6 Å². The molecule has 0 aromatic rings. The van der Waals surface area contributed by atoms with E-state index in [1.54, 1.807) is 0 Å². The Kier molecular flexibility index (Phi) is 2.91. The molecule has 20 heavy (non-hydrogen) atoms. The first kappa shape index (κ1) is 13.1.